The standard InChI is InChI=1S/C20H15BrFN3O2S/c21-14-8-12(6-7-15(14)22)13-9-16(26)23-18-17(13)19(27)25-20(24-18)28-10-11-4-2-1-3-5-11/h1-8,13H,9-10H2,(H2,23,24,25,26,27). The summed E-state index contributed by atoms with van der Waals surface area (Å²) in [7, 11) is 0. The number of halogens is 2. The quantitative estimate of drug-likeness (QED) is 0.446. The number of hydrogen-bond donors (Lipinski definition) is 2. The number of rotatable bonds is 4. The summed E-state index contributed by atoms with van der Waals surface area (Å²) in [5.41, 5.74) is 1.88. The molecule has 1 aliphatic rings. The third-order valence-corrected chi connectivity index (χ3v) is 6.05. The van der Waals surface area contributed by atoms with Crippen LogP contribution in [0.1, 0.15) is 29.0 Å². The summed E-state index contributed by atoms with van der Waals surface area (Å²) in [5, 5.41) is 3.13. The maximum absolute atomic E-state index is 13.6. The van der Waals surface area contributed by atoms with E-state index in [4.69, 9.17) is 0 Å². The van der Waals surface area contributed by atoms with Crippen molar-refractivity contribution >= 4 is 39.4 Å². The third-order valence-electron chi connectivity index (χ3n) is 4.49. The van der Waals surface area contributed by atoms with Gasteiger partial charge in [0.25, 0.3) is 5.56 Å². The van der Waals surface area contributed by atoms with Gasteiger partial charge in [-0.3, -0.25) is 9.59 Å². The predicted octanol–water partition coefficient (Wildman–Crippen LogP) is 4.44. The van der Waals surface area contributed by atoms with Crippen LogP contribution in [-0.2, 0) is 10.5 Å². The van der Waals surface area contributed by atoms with Gasteiger partial charge in [-0.15, -0.1) is 0 Å². The summed E-state index contributed by atoms with van der Waals surface area (Å²) >= 11 is 4.55. The van der Waals surface area contributed by atoms with Crippen LogP contribution in [-0.4, -0.2) is 15.9 Å². The molecule has 0 spiro atoms. The van der Waals surface area contributed by atoms with Crippen molar-refractivity contribution in [2.45, 2.75) is 23.2 Å². The second-order valence-corrected chi connectivity index (χ2v) is 8.20. The number of aromatic amines is 1. The number of aromatic nitrogens is 2. The van der Waals surface area contributed by atoms with Crippen molar-refractivity contribution in [3.63, 3.8) is 0 Å². The molecule has 142 valence electrons. The first-order valence-corrected chi connectivity index (χ1v) is 10.3. The van der Waals surface area contributed by atoms with Crippen LogP contribution in [0.3, 0.4) is 0 Å². The molecule has 1 aromatic heterocycles. The zero-order chi connectivity index (χ0) is 19.7. The molecule has 2 N–H and O–H groups in total. The molecule has 1 aliphatic heterocycles. The Hall–Kier alpha value is -2.45. The lowest BCUT2D eigenvalue weighted by Gasteiger charge is -2.24. The zero-order valence-corrected chi connectivity index (χ0v) is 16.9. The number of carbonyl (C=O) groups excluding carboxylic acids is 1. The molecule has 1 amide bonds. The Morgan fingerprint density at radius 3 is 2.71 bits per heavy atom. The van der Waals surface area contributed by atoms with Crippen molar-refractivity contribution in [2.75, 3.05) is 5.32 Å². The van der Waals surface area contributed by atoms with Gasteiger partial charge in [-0.2, -0.15) is 0 Å². The van der Waals surface area contributed by atoms with E-state index in [9.17, 15) is 14.0 Å². The highest BCUT2D eigenvalue weighted by atomic mass is 79.9. The molecule has 5 nitrogen and oxygen atoms in total. The van der Waals surface area contributed by atoms with Crippen LogP contribution in [0.15, 0.2) is 63.0 Å². The van der Waals surface area contributed by atoms with Gasteiger partial charge < -0.3 is 10.3 Å². The largest absolute Gasteiger partial charge is 0.310 e. The molecule has 2 heterocycles. The SMILES string of the molecule is O=C1CC(c2ccc(F)c(Br)c2)c2c(nc(SCc3ccccc3)[nH]c2=O)N1. The van der Waals surface area contributed by atoms with Gasteiger partial charge >= 0.3 is 0 Å². The number of nitrogens with one attached hydrogen (secondary N) is 2. The Labute approximate surface area is 172 Å². The highest BCUT2D eigenvalue weighted by Gasteiger charge is 2.31. The second kappa shape index (κ2) is 7.89. The molecular formula is C20H15BrFN3O2S. The van der Waals surface area contributed by atoms with Gasteiger partial charge in [-0.05, 0) is 39.2 Å². The van der Waals surface area contributed by atoms with Crippen LogP contribution < -0.4 is 10.9 Å². The van der Waals surface area contributed by atoms with Crippen LogP contribution in [0.5, 0.6) is 0 Å². The number of hydrogen-bond acceptors (Lipinski definition) is 4. The van der Waals surface area contributed by atoms with Gasteiger partial charge in [0.05, 0.1) is 10.0 Å². The Bertz CT molecular complexity index is 1100. The van der Waals surface area contributed by atoms with Crippen molar-refractivity contribution in [2.24, 2.45) is 0 Å². The maximum atomic E-state index is 13.6. The van der Waals surface area contributed by atoms with Gasteiger partial charge in [0.2, 0.25) is 5.91 Å². The first kappa shape index (κ1) is 18.9. The number of carbonyl (C=O) groups is 1. The smallest absolute Gasteiger partial charge is 0.257 e. The topological polar surface area (TPSA) is 74.8 Å². The molecule has 1 unspecified atom stereocenters. The van der Waals surface area contributed by atoms with E-state index in [1.807, 2.05) is 30.3 Å². The summed E-state index contributed by atoms with van der Waals surface area (Å²) < 4.78 is 13.9. The molecule has 3 aromatic rings. The molecule has 0 saturated carbocycles. The van der Waals surface area contributed by atoms with E-state index in [0.29, 0.717) is 22.0 Å². The van der Waals surface area contributed by atoms with Crippen molar-refractivity contribution < 1.29 is 9.18 Å². The van der Waals surface area contributed by atoms with Gasteiger partial charge in [0.15, 0.2) is 5.16 Å². The lowest BCUT2D eigenvalue weighted by atomic mass is 9.87. The molecule has 8 heteroatoms. The molecule has 2 aromatic carbocycles. The third kappa shape index (κ3) is 3.88. The number of benzene rings is 2. The van der Waals surface area contributed by atoms with E-state index < -0.39 is 11.7 Å². The molecule has 0 bridgehead atoms. The Balaban J connectivity index is 1.68. The van der Waals surface area contributed by atoms with E-state index in [0.717, 1.165) is 5.56 Å². The van der Waals surface area contributed by atoms with E-state index >= 15 is 0 Å². The molecule has 4 rings (SSSR count). The number of fused-ring (bicyclic) bond motifs is 1. The average molecular weight is 460 g/mol. The minimum atomic E-state index is -0.481. The molecule has 0 fully saturated rings. The summed E-state index contributed by atoms with van der Waals surface area (Å²) in [5.74, 6) is -0.199. The van der Waals surface area contributed by atoms with E-state index in [2.05, 4.69) is 31.2 Å². The number of nitrogens with zero attached hydrogens (tertiary/aromatic N) is 1. The van der Waals surface area contributed by atoms with Crippen molar-refractivity contribution in [1.29, 1.82) is 0 Å². The van der Waals surface area contributed by atoms with Crippen molar-refractivity contribution in [3.8, 4) is 0 Å². The summed E-state index contributed by atoms with van der Waals surface area (Å²) in [6, 6.07) is 14.3. The Morgan fingerprint density at radius 2 is 1.96 bits per heavy atom. The summed E-state index contributed by atoms with van der Waals surface area (Å²) in [6.45, 7) is 0. The number of anilines is 1. The zero-order valence-electron chi connectivity index (χ0n) is 14.5. The highest BCUT2D eigenvalue weighted by Crippen LogP contribution is 2.36. The van der Waals surface area contributed by atoms with Crippen LogP contribution in [0.2, 0.25) is 0 Å². The molecular weight excluding hydrogens is 445 g/mol. The van der Waals surface area contributed by atoms with Gasteiger partial charge in [0.1, 0.15) is 11.6 Å². The summed E-state index contributed by atoms with van der Waals surface area (Å²) in [6.07, 6.45) is 0.104. The number of thioether (sulfide) groups is 1. The van der Waals surface area contributed by atoms with E-state index in [1.165, 1.54) is 17.8 Å². The fourth-order valence-electron chi connectivity index (χ4n) is 3.16. The van der Waals surface area contributed by atoms with Crippen LogP contribution in [0.25, 0.3) is 0 Å². The monoisotopic (exact) mass is 459 g/mol. The highest BCUT2D eigenvalue weighted by molar-refractivity contribution is 9.10. The van der Waals surface area contributed by atoms with E-state index in [-0.39, 0.29) is 28.2 Å². The van der Waals surface area contributed by atoms with Gasteiger partial charge in [-0.1, -0.05) is 48.2 Å². The van der Waals surface area contributed by atoms with Crippen molar-refractivity contribution in [3.05, 3.63) is 85.9 Å². The lowest BCUT2D eigenvalue weighted by molar-refractivity contribution is -0.116. The normalized spacial score (nSPS) is 15.8. The molecule has 0 radical (unpaired) electrons. The fraction of sp³-hybridized carbons (Fsp3) is 0.150. The van der Waals surface area contributed by atoms with Crippen LogP contribution in [0.4, 0.5) is 10.2 Å². The number of H-pyrrole nitrogens is 1. The minimum Gasteiger partial charge on any atom is -0.310 e. The first-order valence-electron chi connectivity index (χ1n) is 8.57. The Morgan fingerprint density at radius 1 is 1.18 bits per heavy atom. The first-order chi connectivity index (χ1) is 13.5. The number of amides is 1. The molecule has 0 saturated heterocycles. The Kier molecular flexibility index (Phi) is 5.32. The molecule has 0 aliphatic carbocycles. The van der Waals surface area contributed by atoms with Gasteiger partial charge in [-0.25, -0.2) is 9.37 Å². The molecule has 28 heavy (non-hydrogen) atoms. The van der Waals surface area contributed by atoms with E-state index in [1.54, 1.807) is 12.1 Å². The van der Waals surface area contributed by atoms with Crippen LogP contribution >= 0.6 is 27.7 Å². The minimum absolute atomic E-state index is 0.104. The summed E-state index contributed by atoms with van der Waals surface area (Å²) in [4.78, 5) is 32.3. The fourth-order valence-corrected chi connectivity index (χ4v) is 4.37. The average Bonchev–Trinajstić information content (AvgIpc) is 2.68. The predicted molar refractivity (Wildman–Crippen MR) is 110 cm³/mol. The van der Waals surface area contributed by atoms with Gasteiger partial charge in [0, 0.05) is 18.1 Å². The maximum Gasteiger partial charge on any atom is 0.257 e. The van der Waals surface area contributed by atoms with Crippen molar-refractivity contribution in [1.82, 2.24) is 9.97 Å². The molecule has 1 atom stereocenters. The van der Waals surface area contributed by atoms with Crippen LogP contribution in [0, 0.1) is 5.82 Å². The second-order valence-electron chi connectivity index (χ2n) is 6.39. The lowest BCUT2D eigenvalue weighted by Crippen LogP contribution is -2.31.